The molecule has 1 aliphatic carbocycles. The van der Waals surface area contributed by atoms with E-state index in [9.17, 15) is 18.0 Å². The second-order valence-corrected chi connectivity index (χ2v) is 11.9. The van der Waals surface area contributed by atoms with Gasteiger partial charge in [-0.1, -0.05) is 25.1 Å². The van der Waals surface area contributed by atoms with Crippen LogP contribution < -0.4 is 5.32 Å². The first-order valence-electron chi connectivity index (χ1n) is 11.7. The second-order valence-electron chi connectivity index (χ2n) is 8.82. The zero-order valence-corrected chi connectivity index (χ0v) is 21.2. The number of benzene rings is 1. The number of nitrogens with zero attached hydrogens (tertiary/aromatic N) is 2. The van der Waals surface area contributed by atoms with Crippen molar-refractivity contribution in [2.75, 3.05) is 44.6 Å². The lowest BCUT2D eigenvalue weighted by molar-refractivity contribution is -0.117. The highest BCUT2D eigenvalue weighted by Gasteiger charge is 2.31. The lowest BCUT2D eigenvalue weighted by Gasteiger charge is -2.33. The molecule has 184 valence electrons. The molecule has 0 radical (unpaired) electrons. The highest BCUT2D eigenvalue weighted by atomic mass is 32.2. The molecule has 2 heterocycles. The number of carbonyl (C=O) groups is 2. The maximum Gasteiger partial charge on any atom is 0.341 e. The van der Waals surface area contributed by atoms with Gasteiger partial charge in [-0.15, -0.1) is 11.3 Å². The van der Waals surface area contributed by atoms with E-state index >= 15 is 0 Å². The summed E-state index contributed by atoms with van der Waals surface area (Å²) < 4.78 is 32.4. The molecule has 2 aromatic rings. The molecule has 34 heavy (non-hydrogen) atoms. The van der Waals surface area contributed by atoms with Gasteiger partial charge in [-0.2, -0.15) is 4.31 Å². The Morgan fingerprint density at radius 1 is 1.15 bits per heavy atom. The number of anilines is 1. The Labute approximate surface area is 204 Å². The molecule has 10 heteroatoms. The van der Waals surface area contributed by atoms with E-state index in [1.54, 1.807) is 37.3 Å². The van der Waals surface area contributed by atoms with Crippen molar-refractivity contribution in [2.24, 2.45) is 5.92 Å². The van der Waals surface area contributed by atoms with Gasteiger partial charge >= 0.3 is 5.97 Å². The molecule has 0 saturated carbocycles. The summed E-state index contributed by atoms with van der Waals surface area (Å²) in [4.78, 5) is 28.9. The first-order chi connectivity index (χ1) is 16.3. The van der Waals surface area contributed by atoms with Crippen LogP contribution in [0.3, 0.4) is 0 Å². The summed E-state index contributed by atoms with van der Waals surface area (Å²) in [6, 6.07) is 8.39. The monoisotopic (exact) mass is 505 g/mol. The lowest BCUT2D eigenvalue weighted by Crippen LogP contribution is -2.50. The van der Waals surface area contributed by atoms with Gasteiger partial charge in [0.05, 0.1) is 23.6 Å². The maximum absolute atomic E-state index is 12.9. The fraction of sp³-hybridized carbons (Fsp3) is 0.500. The number of hydrogen-bond acceptors (Lipinski definition) is 7. The summed E-state index contributed by atoms with van der Waals surface area (Å²) in [6.07, 6.45) is 2.73. The van der Waals surface area contributed by atoms with Crippen molar-refractivity contribution in [3.05, 3.63) is 46.3 Å². The van der Waals surface area contributed by atoms with Crippen molar-refractivity contribution in [3.63, 3.8) is 0 Å². The largest absolute Gasteiger partial charge is 0.462 e. The van der Waals surface area contributed by atoms with E-state index in [1.165, 1.54) is 15.6 Å². The van der Waals surface area contributed by atoms with Crippen molar-refractivity contribution < 1.29 is 22.7 Å². The van der Waals surface area contributed by atoms with E-state index in [0.717, 1.165) is 29.7 Å². The molecule has 1 atom stereocenters. The van der Waals surface area contributed by atoms with Crippen LogP contribution in [-0.2, 0) is 32.4 Å². The average molecular weight is 506 g/mol. The SMILES string of the molecule is CCOC(=O)c1c(NC(=O)CN2CCN(S(=O)(=O)c3ccccc3)CC2)sc2c1CCC(C)C2. The third-order valence-electron chi connectivity index (χ3n) is 6.32. The van der Waals surface area contributed by atoms with Gasteiger partial charge in [0, 0.05) is 31.1 Å². The standard InChI is InChI=1S/C24H31N3O5S2/c1-3-32-24(29)22-19-10-9-17(2)15-20(19)33-23(22)25-21(28)16-26-11-13-27(14-12-26)34(30,31)18-7-5-4-6-8-18/h4-8,17H,3,9-16H2,1-2H3,(H,25,28). The Hall–Kier alpha value is -2.27. The number of ether oxygens (including phenoxy) is 1. The maximum atomic E-state index is 12.9. The molecular formula is C24H31N3O5S2. The van der Waals surface area contributed by atoms with E-state index in [2.05, 4.69) is 12.2 Å². The molecule has 1 aromatic carbocycles. The highest BCUT2D eigenvalue weighted by Crippen LogP contribution is 2.40. The Kier molecular flexibility index (Phi) is 7.71. The number of hydrogen-bond donors (Lipinski definition) is 1. The van der Waals surface area contributed by atoms with Gasteiger partial charge in [0.1, 0.15) is 5.00 Å². The number of carbonyl (C=O) groups excluding carboxylic acids is 2. The van der Waals surface area contributed by atoms with Gasteiger partial charge in [0.25, 0.3) is 0 Å². The molecule has 1 unspecified atom stereocenters. The van der Waals surface area contributed by atoms with Crippen LogP contribution in [0.1, 0.15) is 41.1 Å². The minimum Gasteiger partial charge on any atom is -0.462 e. The fourth-order valence-electron chi connectivity index (χ4n) is 4.50. The van der Waals surface area contributed by atoms with E-state index in [0.29, 0.717) is 42.7 Å². The smallest absolute Gasteiger partial charge is 0.341 e. The third-order valence-corrected chi connectivity index (χ3v) is 9.41. The van der Waals surface area contributed by atoms with Crippen molar-refractivity contribution in [1.29, 1.82) is 0 Å². The Balaban J connectivity index is 1.39. The van der Waals surface area contributed by atoms with Crippen LogP contribution in [0.15, 0.2) is 35.2 Å². The number of piperazine rings is 1. The van der Waals surface area contributed by atoms with E-state index in [4.69, 9.17) is 4.74 Å². The molecule has 8 nitrogen and oxygen atoms in total. The number of esters is 1. The summed E-state index contributed by atoms with van der Waals surface area (Å²) in [6.45, 7) is 5.96. The number of nitrogens with one attached hydrogen (secondary N) is 1. The molecule has 0 spiro atoms. The molecule has 1 aromatic heterocycles. The molecule has 1 aliphatic heterocycles. The third kappa shape index (κ3) is 5.35. The average Bonchev–Trinajstić information content (AvgIpc) is 3.16. The highest BCUT2D eigenvalue weighted by molar-refractivity contribution is 7.89. The van der Waals surface area contributed by atoms with Gasteiger partial charge < -0.3 is 10.1 Å². The van der Waals surface area contributed by atoms with Crippen LogP contribution >= 0.6 is 11.3 Å². The van der Waals surface area contributed by atoms with Crippen molar-refractivity contribution >= 4 is 38.2 Å². The minimum absolute atomic E-state index is 0.139. The van der Waals surface area contributed by atoms with Crippen LogP contribution in [0.5, 0.6) is 0 Å². The summed E-state index contributed by atoms with van der Waals surface area (Å²) in [5.74, 6) is -0.0469. The van der Waals surface area contributed by atoms with Crippen molar-refractivity contribution in [3.8, 4) is 0 Å². The van der Waals surface area contributed by atoms with Crippen LogP contribution in [0.2, 0.25) is 0 Å². The molecule has 1 amide bonds. The number of sulfonamides is 1. The molecule has 1 saturated heterocycles. The van der Waals surface area contributed by atoms with Gasteiger partial charge in [-0.25, -0.2) is 13.2 Å². The predicted octanol–water partition coefficient (Wildman–Crippen LogP) is 2.99. The molecule has 2 aliphatic rings. The molecular weight excluding hydrogens is 474 g/mol. The summed E-state index contributed by atoms with van der Waals surface area (Å²) >= 11 is 1.47. The predicted molar refractivity (Wildman–Crippen MR) is 132 cm³/mol. The van der Waals surface area contributed by atoms with Gasteiger partial charge in [-0.05, 0) is 49.8 Å². The summed E-state index contributed by atoms with van der Waals surface area (Å²) in [5.41, 5.74) is 1.51. The Bertz CT molecular complexity index is 1140. The Morgan fingerprint density at radius 2 is 1.85 bits per heavy atom. The zero-order chi connectivity index (χ0) is 24.3. The van der Waals surface area contributed by atoms with E-state index < -0.39 is 10.0 Å². The van der Waals surface area contributed by atoms with Crippen molar-refractivity contribution in [2.45, 2.75) is 38.0 Å². The van der Waals surface area contributed by atoms with Gasteiger partial charge in [0.2, 0.25) is 15.9 Å². The normalized spacial score (nSPS) is 19.4. The summed E-state index contributed by atoms with van der Waals surface area (Å²) in [5, 5.41) is 3.50. The molecule has 4 rings (SSSR count). The van der Waals surface area contributed by atoms with Crippen LogP contribution in [0.25, 0.3) is 0 Å². The number of thiophene rings is 1. The number of rotatable bonds is 7. The topological polar surface area (TPSA) is 96.0 Å². The number of amides is 1. The van der Waals surface area contributed by atoms with Crippen LogP contribution in [0.4, 0.5) is 5.00 Å². The molecule has 1 N–H and O–H groups in total. The fourth-order valence-corrected chi connectivity index (χ4v) is 7.36. The van der Waals surface area contributed by atoms with Crippen LogP contribution in [0, 0.1) is 5.92 Å². The first-order valence-corrected chi connectivity index (χ1v) is 13.9. The zero-order valence-electron chi connectivity index (χ0n) is 19.6. The van der Waals surface area contributed by atoms with E-state index in [1.807, 2.05) is 4.90 Å². The van der Waals surface area contributed by atoms with Gasteiger partial charge in [-0.3, -0.25) is 9.69 Å². The van der Waals surface area contributed by atoms with Gasteiger partial charge in [0.15, 0.2) is 0 Å². The first kappa shape index (κ1) is 24.8. The van der Waals surface area contributed by atoms with Crippen LogP contribution in [-0.4, -0.2) is 68.8 Å². The lowest BCUT2D eigenvalue weighted by atomic mass is 9.88. The quantitative estimate of drug-likeness (QED) is 0.581. The Morgan fingerprint density at radius 3 is 2.53 bits per heavy atom. The minimum atomic E-state index is -3.53. The van der Waals surface area contributed by atoms with Crippen molar-refractivity contribution in [1.82, 2.24) is 9.21 Å². The summed E-state index contributed by atoms with van der Waals surface area (Å²) in [7, 11) is -3.53. The second kappa shape index (κ2) is 10.6. The number of fused-ring (bicyclic) bond motifs is 1. The van der Waals surface area contributed by atoms with E-state index in [-0.39, 0.29) is 29.9 Å². The molecule has 0 bridgehead atoms. The molecule has 1 fully saturated rings.